The summed E-state index contributed by atoms with van der Waals surface area (Å²) >= 11 is 1.58. The summed E-state index contributed by atoms with van der Waals surface area (Å²) in [5.74, 6) is 0.606. The lowest BCUT2D eigenvalue weighted by atomic mass is 10.1. The van der Waals surface area contributed by atoms with Gasteiger partial charge < -0.3 is 9.32 Å². The van der Waals surface area contributed by atoms with Crippen LogP contribution in [0.5, 0.6) is 0 Å². The Morgan fingerprint density at radius 3 is 2.41 bits per heavy atom. The van der Waals surface area contributed by atoms with Gasteiger partial charge in [0.2, 0.25) is 0 Å². The summed E-state index contributed by atoms with van der Waals surface area (Å²) in [6.07, 6.45) is 6.08. The number of nitrogens with zero attached hydrogens (tertiary/aromatic N) is 3. The van der Waals surface area contributed by atoms with Gasteiger partial charge in [0.05, 0.1) is 23.0 Å². The van der Waals surface area contributed by atoms with E-state index in [1.807, 2.05) is 24.3 Å². The molecule has 1 amide bonds. The number of carbonyl (C=O) groups excluding carboxylic acids is 1. The van der Waals surface area contributed by atoms with Crippen LogP contribution in [-0.4, -0.2) is 36.2 Å². The molecule has 37 heavy (non-hydrogen) atoms. The van der Waals surface area contributed by atoms with Crippen LogP contribution >= 0.6 is 11.3 Å². The van der Waals surface area contributed by atoms with Gasteiger partial charge in [-0.1, -0.05) is 6.07 Å². The lowest BCUT2D eigenvalue weighted by Gasteiger charge is -2.09. The van der Waals surface area contributed by atoms with Crippen LogP contribution in [0.4, 0.5) is 5.69 Å². The number of benzene rings is 2. The van der Waals surface area contributed by atoms with Gasteiger partial charge in [0.1, 0.15) is 0 Å². The van der Waals surface area contributed by atoms with Gasteiger partial charge >= 0.3 is 0 Å². The molecule has 10 heteroatoms. The SMILES string of the molecule is CN1Cc2cc(-c3ccc(-c4cncc(NS(=O)(=O)c5ccc(-c6cnco6)cc5)c4)s3)ccc2C1=O. The largest absolute Gasteiger partial charge is 0.444 e. The molecule has 0 bridgehead atoms. The number of pyridine rings is 1. The van der Waals surface area contributed by atoms with Gasteiger partial charge in [-0.3, -0.25) is 14.5 Å². The normalized spacial score (nSPS) is 13.1. The monoisotopic (exact) mass is 528 g/mol. The number of anilines is 1. The second kappa shape index (κ2) is 8.99. The molecule has 0 radical (unpaired) electrons. The first-order valence-electron chi connectivity index (χ1n) is 11.3. The summed E-state index contributed by atoms with van der Waals surface area (Å²) in [6, 6.07) is 18.1. The Labute approximate surface area is 217 Å². The van der Waals surface area contributed by atoms with Crippen LogP contribution in [0.3, 0.4) is 0 Å². The number of rotatable bonds is 6. The highest BCUT2D eigenvalue weighted by atomic mass is 32.2. The maximum atomic E-state index is 13.0. The highest BCUT2D eigenvalue weighted by Crippen LogP contribution is 2.37. The van der Waals surface area contributed by atoms with Crippen molar-refractivity contribution >= 4 is 33.0 Å². The maximum Gasteiger partial charge on any atom is 0.261 e. The predicted molar refractivity (Wildman–Crippen MR) is 142 cm³/mol. The summed E-state index contributed by atoms with van der Waals surface area (Å²) in [7, 11) is -2.02. The molecular weight excluding hydrogens is 508 g/mol. The molecule has 1 N–H and O–H groups in total. The van der Waals surface area contributed by atoms with Crippen LogP contribution in [-0.2, 0) is 16.6 Å². The summed E-state index contributed by atoms with van der Waals surface area (Å²) in [6.45, 7) is 0.606. The lowest BCUT2D eigenvalue weighted by molar-refractivity contribution is 0.0816. The highest BCUT2D eigenvalue weighted by molar-refractivity contribution is 7.92. The number of fused-ring (bicyclic) bond motifs is 1. The molecule has 5 aromatic rings. The molecule has 0 unspecified atom stereocenters. The van der Waals surface area contributed by atoms with Crippen molar-refractivity contribution in [3.05, 3.63) is 96.8 Å². The second-order valence-electron chi connectivity index (χ2n) is 8.65. The number of hydrogen-bond acceptors (Lipinski definition) is 7. The van der Waals surface area contributed by atoms with E-state index in [-0.39, 0.29) is 10.8 Å². The van der Waals surface area contributed by atoms with Gasteiger partial charge in [0.15, 0.2) is 12.2 Å². The van der Waals surface area contributed by atoms with E-state index >= 15 is 0 Å². The van der Waals surface area contributed by atoms with Crippen LogP contribution in [0.15, 0.2) is 95.0 Å². The van der Waals surface area contributed by atoms with E-state index < -0.39 is 10.0 Å². The van der Waals surface area contributed by atoms with E-state index in [9.17, 15) is 13.2 Å². The minimum absolute atomic E-state index is 0.0459. The van der Waals surface area contributed by atoms with E-state index in [0.717, 1.165) is 37.6 Å². The molecule has 4 heterocycles. The molecule has 8 nitrogen and oxygen atoms in total. The topological polar surface area (TPSA) is 105 Å². The minimum atomic E-state index is -3.81. The van der Waals surface area contributed by atoms with Gasteiger partial charge in [-0.25, -0.2) is 13.4 Å². The fraction of sp³-hybridized carbons (Fsp3) is 0.0741. The van der Waals surface area contributed by atoms with Gasteiger partial charge in [-0.15, -0.1) is 11.3 Å². The van der Waals surface area contributed by atoms with E-state index in [1.54, 1.807) is 53.9 Å². The number of sulfonamides is 1. The van der Waals surface area contributed by atoms with Crippen molar-refractivity contribution in [1.29, 1.82) is 0 Å². The number of aromatic nitrogens is 2. The Kier molecular flexibility index (Phi) is 5.62. The first-order chi connectivity index (χ1) is 17.9. The van der Waals surface area contributed by atoms with Crippen molar-refractivity contribution < 1.29 is 17.6 Å². The lowest BCUT2D eigenvalue weighted by Crippen LogP contribution is -2.17. The molecule has 1 aliphatic rings. The molecule has 1 aliphatic heterocycles. The summed E-state index contributed by atoms with van der Waals surface area (Å²) < 4.78 is 33.8. The molecule has 0 fully saturated rings. The van der Waals surface area contributed by atoms with E-state index in [0.29, 0.717) is 18.0 Å². The summed E-state index contributed by atoms with van der Waals surface area (Å²) in [5.41, 5.74) is 4.71. The maximum absolute atomic E-state index is 13.0. The van der Waals surface area contributed by atoms with Crippen molar-refractivity contribution in [2.45, 2.75) is 11.4 Å². The van der Waals surface area contributed by atoms with Crippen molar-refractivity contribution in [2.75, 3.05) is 11.8 Å². The number of oxazole rings is 1. The third-order valence-corrected chi connectivity index (χ3v) is 8.72. The standard InChI is InChI=1S/C27H20N4O4S2/c1-31-15-20-10-18(4-7-23(20)27(31)32)25-8-9-26(36-25)19-11-21(13-28-12-19)30-37(33,34)22-5-2-17(3-6-22)24-14-29-16-35-24/h2-14,16,30H,15H2,1H3. The van der Waals surface area contributed by atoms with Crippen molar-refractivity contribution in [2.24, 2.45) is 0 Å². The Morgan fingerprint density at radius 2 is 1.65 bits per heavy atom. The van der Waals surface area contributed by atoms with E-state index in [1.165, 1.54) is 24.7 Å². The van der Waals surface area contributed by atoms with Crippen molar-refractivity contribution in [1.82, 2.24) is 14.9 Å². The molecule has 0 saturated carbocycles. The number of carbonyl (C=O) groups is 1. The molecule has 184 valence electrons. The average molecular weight is 529 g/mol. The third kappa shape index (κ3) is 4.41. The van der Waals surface area contributed by atoms with E-state index in [2.05, 4.69) is 20.8 Å². The van der Waals surface area contributed by atoms with Gasteiger partial charge in [-0.05, 0) is 65.7 Å². The van der Waals surface area contributed by atoms with Crippen LogP contribution in [0, 0.1) is 0 Å². The zero-order valence-electron chi connectivity index (χ0n) is 19.6. The fourth-order valence-electron chi connectivity index (χ4n) is 4.27. The minimum Gasteiger partial charge on any atom is -0.444 e. The van der Waals surface area contributed by atoms with Crippen LogP contribution < -0.4 is 4.72 Å². The Balaban J connectivity index is 1.22. The van der Waals surface area contributed by atoms with E-state index in [4.69, 9.17) is 4.42 Å². The number of amides is 1. The van der Waals surface area contributed by atoms with Gasteiger partial charge in [0.25, 0.3) is 15.9 Å². The van der Waals surface area contributed by atoms with Crippen molar-refractivity contribution in [3.8, 4) is 32.2 Å². The molecule has 2 aromatic carbocycles. The van der Waals surface area contributed by atoms with Crippen LogP contribution in [0.1, 0.15) is 15.9 Å². The van der Waals surface area contributed by atoms with Crippen molar-refractivity contribution in [3.63, 3.8) is 0 Å². The molecule has 0 atom stereocenters. The molecule has 0 saturated heterocycles. The smallest absolute Gasteiger partial charge is 0.261 e. The number of nitrogens with one attached hydrogen (secondary N) is 1. The summed E-state index contributed by atoms with van der Waals surface area (Å²) in [5, 5.41) is 0. The Hall–Kier alpha value is -4.28. The molecule has 6 rings (SSSR count). The van der Waals surface area contributed by atoms with Crippen LogP contribution in [0.25, 0.3) is 32.2 Å². The number of thiophene rings is 1. The second-order valence-corrected chi connectivity index (χ2v) is 11.4. The first kappa shape index (κ1) is 23.1. The van der Waals surface area contributed by atoms with Gasteiger partial charge in [-0.2, -0.15) is 0 Å². The molecule has 0 aliphatic carbocycles. The average Bonchev–Trinajstić information content (AvgIpc) is 3.66. The zero-order valence-corrected chi connectivity index (χ0v) is 21.2. The molecular formula is C27H20N4O4S2. The first-order valence-corrected chi connectivity index (χ1v) is 13.6. The predicted octanol–water partition coefficient (Wildman–Crippen LogP) is 5.52. The zero-order chi connectivity index (χ0) is 25.6. The highest BCUT2D eigenvalue weighted by Gasteiger charge is 2.24. The summed E-state index contributed by atoms with van der Waals surface area (Å²) in [4.78, 5) is 24.2. The van der Waals surface area contributed by atoms with Crippen LogP contribution in [0.2, 0.25) is 0 Å². The van der Waals surface area contributed by atoms with Gasteiger partial charge in [0, 0.05) is 46.2 Å². The Morgan fingerprint density at radius 1 is 0.892 bits per heavy atom. The Bertz CT molecular complexity index is 1730. The fourth-order valence-corrected chi connectivity index (χ4v) is 6.29. The molecule has 0 spiro atoms. The molecule has 3 aromatic heterocycles. The number of hydrogen-bond donors (Lipinski definition) is 1. The third-order valence-electron chi connectivity index (χ3n) is 6.14. The quantitative estimate of drug-likeness (QED) is 0.311.